The van der Waals surface area contributed by atoms with E-state index < -0.39 is 0 Å². The maximum Gasteiger partial charge on any atom is 0.248 e. The Kier molecular flexibility index (Phi) is 5.15. The van der Waals surface area contributed by atoms with Gasteiger partial charge in [-0.05, 0) is 54.1 Å². The lowest BCUT2D eigenvalue weighted by molar-refractivity contribution is -0.111. The number of imidazole rings is 1. The molecule has 1 aromatic heterocycles. The first-order valence-corrected chi connectivity index (χ1v) is 9.33. The molecule has 1 heterocycles. The van der Waals surface area contributed by atoms with Crippen molar-refractivity contribution in [3.8, 4) is 11.4 Å². The number of amides is 1. The molecule has 0 radical (unpaired) electrons. The Morgan fingerprint density at radius 3 is 2.57 bits per heavy atom. The lowest BCUT2D eigenvalue weighted by Gasteiger charge is -2.06. The summed E-state index contributed by atoms with van der Waals surface area (Å²) in [6.07, 6.45) is 3.19. The van der Waals surface area contributed by atoms with Gasteiger partial charge >= 0.3 is 0 Å². The Bertz CT molecular complexity index is 1150. The summed E-state index contributed by atoms with van der Waals surface area (Å²) in [4.78, 5) is 20.1. The molecule has 0 unspecified atom stereocenters. The van der Waals surface area contributed by atoms with Crippen LogP contribution in [0.2, 0.25) is 10.0 Å². The molecule has 0 spiro atoms. The maximum atomic E-state index is 12.2. The first-order valence-electron chi connectivity index (χ1n) is 8.58. The highest BCUT2D eigenvalue weighted by atomic mass is 35.5. The number of benzene rings is 3. The number of aromatic nitrogens is 2. The lowest BCUT2D eigenvalue weighted by Crippen LogP contribution is -2.07. The standard InChI is InChI=1S/C22H15Cl2N3O/c23-15-8-5-14(6-9-15)7-12-21(28)25-16-10-11-18(24)17(13-16)22-26-19-3-1-2-4-20(19)27-22/h1-13H,(H,25,28)(H,26,27)/b12-7-. The fraction of sp³-hybridized carbons (Fsp3) is 0. The number of fused-ring (bicyclic) bond motifs is 1. The van der Waals surface area contributed by atoms with Crippen LogP contribution in [-0.2, 0) is 4.79 Å². The van der Waals surface area contributed by atoms with Crippen molar-refractivity contribution in [3.05, 3.63) is 88.4 Å². The highest BCUT2D eigenvalue weighted by molar-refractivity contribution is 6.33. The van der Waals surface area contributed by atoms with Crippen LogP contribution in [0.5, 0.6) is 0 Å². The van der Waals surface area contributed by atoms with E-state index in [2.05, 4.69) is 15.3 Å². The van der Waals surface area contributed by atoms with Gasteiger partial charge in [0.1, 0.15) is 5.82 Å². The highest BCUT2D eigenvalue weighted by Gasteiger charge is 2.10. The molecule has 4 rings (SSSR count). The number of carbonyl (C=O) groups is 1. The van der Waals surface area contributed by atoms with Gasteiger partial charge in [-0.15, -0.1) is 0 Å². The first kappa shape index (κ1) is 18.3. The van der Waals surface area contributed by atoms with Crippen molar-refractivity contribution < 1.29 is 4.79 Å². The average Bonchev–Trinajstić information content (AvgIpc) is 3.13. The molecule has 28 heavy (non-hydrogen) atoms. The number of carbonyl (C=O) groups excluding carboxylic acids is 1. The van der Waals surface area contributed by atoms with Gasteiger partial charge in [-0.2, -0.15) is 0 Å². The molecule has 1 amide bonds. The zero-order valence-corrected chi connectivity index (χ0v) is 16.1. The van der Waals surface area contributed by atoms with Crippen molar-refractivity contribution in [2.24, 2.45) is 0 Å². The number of para-hydroxylation sites is 2. The van der Waals surface area contributed by atoms with Crippen LogP contribution in [0.3, 0.4) is 0 Å². The molecule has 3 aromatic carbocycles. The first-order chi connectivity index (χ1) is 13.6. The fourth-order valence-corrected chi connectivity index (χ4v) is 3.13. The summed E-state index contributed by atoms with van der Waals surface area (Å²) in [5, 5.41) is 4.05. The smallest absolute Gasteiger partial charge is 0.248 e. The number of hydrogen-bond donors (Lipinski definition) is 2. The topological polar surface area (TPSA) is 57.8 Å². The van der Waals surface area contributed by atoms with Crippen LogP contribution in [0, 0.1) is 0 Å². The number of nitrogens with zero attached hydrogens (tertiary/aromatic N) is 1. The van der Waals surface area contributed by atoms with Gasteiger partial charge in [0.2, 0.25) is 5.91 Å². The Labute approximate surface area is 171 Å². The van der Waals surface area contributed by atoms with Crippen molar-refractivity contribution in [1.82, 2.24) is 9.97 Å². The van der Waals surface area contributed by atoms with Gasteiger partial charge < -0.3 is 10.3 Å². The lowest BCUT2D eigenvalue weighted by atomic mass is 10.2. The van der Waals surface area contributed by atoms with Crippen LogP contribution in [0.15, 0.2) is 72.8 Å². The van der Waals surface area contributed by atoms with E-state index in [0.717, 1.165) is 22.2 Å². The third-order valence-corrected chi connectivity index (χ3v) is 4.76. The number of aromatic amines is 1. The minimum Gasteiger partial charge on any atom is -0.338 e. The van der Waals surface area contributed by atoms with Crippen LogP contribution in [-0.4, -0.2) is 15.9 Å². The van der Waals surface area contributed by atoms with Crippen molar-refractivity contribution in [1.29, 1.82) is 0 Å². The SMILES string of the molecule is O=C(/C=C\c1ccc(Cl)cc1)Nc1ccc(Cl)c(-c2nc3ccccc3[nH]2)c1. The second-order valence-corrected chi connectivity index (χ2v) is 7.01. The fourth-order valence-electron chi connectivity index (χ4n) is 2.79. The minimum atomic E-state index is -0.243. The minimum absolute atomic E-state index is 0.243. The Balaban J connectivity index is 1.55. The average molecular weight is 408 g/mol. The zero-order chi connectivity index (χ0) is 19.5. The molecule has 0 atom stereocenters. The molecule has 0 saturated heterocycles. The summed E-state index contributed by atoms with van der Waals surface area (Å²) in [5.74, 6) is 0.409. The molecule has 0 saturated carbocycles. The van der Waals surface area contributed by atoms with E-state index in [4.69, 9.17) is 23.2 Å². The predicted molar refractivity (Wildman–Crippen MR) is 116 cm³/mol. The zero-order valence-electron chi connectivity index (χ0n) is 14.6. The van der Waals surface area contributed by atoms with E-state index in [0.29, 0.717) is 21.6 Å². The van der Waals surface area contributed by atoms with Gasteiger partial charge in [-0.3, -0.25) is 4.79 Å². The van der Waals surface area contributed by atoms with E-state index in [9.17, 15) is 4.79 Å². The van der Waals surface area contributed by atoms with Gasteiger partial charge in [0.25, 0.3) is 0 Å². The second kappa shape index (κ2) is 7.89. The molecule has 138 valence electrons. The number of anilines is 1. The third-order valence-electron chi connectivity index (χ3n) is 4.18. The largest absolute Gasteiger partial charge is 0.338 e. The van der Waals surface area contributed by atoms with Gasteiger partial charge in [-0.25, -0.2) is 4.98 Å². The summed E-state index contributed by atoms with van der Waals surface area (Å²) in [6, 6.07) is 20.3. The highest BCUT2D eigenvalue weighted by Crippen LogP contribution is 2.30. The maximum absolute atomic E-state index is 12.2. The molecular formula is C22H15Cl2N3O. The molecule has 0 bridgehead atoms. The Morgan fingerprint density at radius 2 is 1.79 bits per heavy atom. The molecule has 2 N–H and O–H groups in total. The quantitative estimate of drug-likeness (QED) is 0.396. The Hall–Kier alpha value is -3.08. The molecule has 4 aromatic rings. The molecule has 0 aliphatic heterocycles. The molecule has 0 aliphatic rings. The van der Waals surface area contributed by atoms with E-state index in [-0.39, 0.29) is 5.91 Å². The van der Waals surface area contributed by atoms with Gasteiger partial charge in [0.05, 0.1) is 16.1 Å². The van der Waals surface area contributed by atoms with E-state index in [1.54, 1.807) is 36.4 Å². The van der Waals surface area contributed by atoms with Crippen LogP contribution in [0.1, 0.15) is 5.56 Å². The third kappa shape index (κ3) is 4.09. The van der Waals surface area contributed by atoms with E-state index >= 15 is 0 Å². The number of nitrogens with one attached hydrogen (secondary N) is 2. The van der Waals surface area contributed by atoms with E-state index in [1.807, 2.05) is 36.4 Å². The molecule has 0 aliphatic carbocycles. The van der Waals surface area contributed by atoms with Crippen LogP contribution >= 0.6 is 23.2 Å². The molecular weight excluding hydrogens is 393 g/mol. The monoisotopic (exact) mass is 407 g/mol. The number of H-pyrrole nitrogens is 1. The van der Waals surface area contributed by atoms with Crippen LogP contribution < -0.4 is 5.32 Å². The van der Waals surface area contributed by atoms with Gasteiger partial charge in [0, 0.05) is 22.3 Å². The van der Waals surface area contributed by atoms with Crippen molar-refractivity contribution in [3.63, 3.8) is 0 Å². The number of hydrogen-bond acceptors (Lipinski definition) is 2. The van der Waals surface area contributed by atoms with Gasteiger partial charge in [-0.1, -0.05) is 47.5 Å². The number of rotatable bonds is 4. The summed E-state index contributed by atoms with van der Waals surface area (Å²) in [5.41, 5.74) is 4.02. The summed E-state index contributed by atoms with van der Waals surface area (Å²) in [7, 11) is 0. The van der Waals surface area contributed by atoms with Crippen molar-refractivity contribution in [2.45, 2.75) is 0 Å². The Morgan fingerprint density at radius 1 is 1.00 bits per heavy atom. The van der Waals surface area contributed by atoms with Crippen molar-refractivity contribution >= 4 is 51.9 Å². The van der Waals surface area contributed by atoms with Crippen molar-refractivity contribution in [2.75, 3.05) is 5.32 Å². The second-order valence-electron chi connectivity index (χ2n) is 6.17. The van der Waals surface area contributed by atoms with E-state index in [1.165, 1.54) is 6.08 Å². The van der Waals surface area contributed by atoms with Crippen LogP contribution in [0.25, 0.3) is 28.5 Å². The van der Waals surface area contributed by atoms with Crippen LogP contribution in [0.4, 0.5) is 5.69 Å². The molecule has 4 nitrogen and oxygen atoms in total. The predicted octanol–water partition coefficient (Wildman–Crippen LogP) is 6.19. The van der Waals surface area contributed by atoms with Gasteiger partial charge in [0.15, 0.2) is 0 Å². The number of halogens is 2. The molecule has 6 heteroatoms. The summed E-state index contributed by atoms with van der Waals surface area (Å²) < 4.78 is 0. The molecule has 0 fully saturated rings. The summed E-state index contributed by atoms with van der Waals surface area (Å²) >= 11 is 12.2. The normalized spacial score (nSPS) is 11.2. The summed E-state index contributed by atoms with van der Waals surface area (Å²) in [6.45, 7) is 0.